The van der Waals surface area contributed by atoms with Crippen LogP contribution in [0.25, 0.3) is 0 Å². The summed E-state index contributed by atoms with van der Waals surface area (Å²) in [5.74, 6) is -0.234. The summed E-state index contributed by atoms with van der Waals surface area (Å²) in [4.78, 5) is 26.6. The van der Waals surface area contributed by atoms with Crippen LogP contribution in [0, 0.1) is 6.92 Å². The van der Waals surface area contributed by atoms with Gasteiger partial charge in [-0.25, -0.2) is 0 Å². The average Bonchev–Trinajstić information content (AvgIpc) is 3.18. The van der Waals surface area contributed by atoms with Crippen LogP contribution in [0.2, 0.25) is 0 Å². The first-order valence-electron chi connectivity index (χ1n) is 8.87. The Balaban J connectivity index is 1.67. The van der Waals surface area contributed by atoms with Crippen LogP contribution in [0.4, 0.5) is 5.69 Å². The molecule has 0 saturated carbocycles. The number of carbonyl (C=O) groups is 2. The molecule has 136 valence electrons. The summed E-state index contributed by atoms with van der Waals surface area (Å²) in [7, 11) is 1.78. The van der Waals surface area contributed by atoms with Crippen molar-refractivity contribution in [2.75, 3.05) is 19.0 Å². The van der Waals surface area contributed by atoms with E-state index in [9.17, 15) is 9.59 Å². The van der Waals surface area contributed by atoms with E-state index in [1.165, 1.54) is 0 Å². The summed E-state index contributed by atoms with van der Waals surface area (Å²) in [5, 5.41) is 2.84. The van der Waals surface area contributed by atoms with Gasteiger partial charge >= 0.3 is 0 Å². The first kappa shape index (κ1) is 18.1. The number of rotatable bonds is 5. The number of benzene rings is 2. The van der Waals surface area contributed by atoms with Crippen LogP contribution in [0.3, 0.4) is 0 Å². The molecular formula is C21H24N2O3. The molecule has 2 aromatic carbocycles. The smallest absolute Gasteiger partial charge is 0.253 e. The maximum atomic E-state index is 12.7. The number of nitrogens with zero attached hydrogens (tertiary/aromatic N) is 1. The normalized spacial score (nSPS) is 16.3. The van der Waals surface area contributed by atoms with E-state index in [4.69, 9.17) is 4.74 Å². The molecule has 1 aliphatic heterocycles. The standard InChI is InChI=1S/C21H24N2O3/c1-15-7-3-4-8-17(15)14-23(2)21(25)16-9-5-10-18(13-16)22-20(24)19-11-6-12-26-19/h3-5,7-10,13,19H,6,11-12,14H2,1-2H3,(H,22,24)/t19-/m0/s1. The molecule has 3 rings (SSSR count). The summed E-state index contributed by atoms with van der Waals surface area (Å²) in [6, 6.07) is 15.1. The number of carbonyl (C=O) groups excluding carboxylic acids is 2. The number of anilines is 1. The first-order chi connectivity index (χ1) is 12.5. The van der Waals surface area contributed by atoms with Crippen LogP contribution in [-0.4, -0.2) is 36.5 Å². The monoisotopic (exact) mass is 352 g/mol. The lowest BCUT2D eigenvalue weighted by Crippen LogP contribution is -2.28. The van der Waals surface area contributed by atoms with Crippen LogP contribution < -0.4 is 5.32 Å². The minimum absolute atomic E-state index is 0.0820. The molecule has 1 N–H and O–H groups in total. The largest absolute Gasteiger partial charge is 0.368 e. The highest BCUT2D eigenvalue weighted by Gasteiger charge is 2.23. The fourth-order valence-corrected chi connectivity index (χ4v) is 3.07. The second-order valence-corrected chi connectivity index (χ2v) is 6.66. The summed E-state index contributed by atoms with van der Waals surface area (Å²) < 4.78 is 5.39. The zero-order valence-electron chi connectivity index (χ0n) is 15.2. The molecule has 1 atom stereocenters. The SMILES string of the molecule is Cc1ccccc1CN(C)C(=O)c1cccc(NC(=O)[C@@H]2CCCO2)c1. The molecule has 0 bridgehead atoms. The van der Waals surface area contributed by atoms with E-state index in [0.717, 1.165) is 24.0 Å². The van der Waals surface area contributed by atoms with E-state index in [0.29, 0.717) is 24.4 Å². The van der Waals surface area contributed by atoms with E-state index in [1.54, 1.807) is 36.2 Å². The molecule has 1 fully saturated rings. The number of hydrogen-bond acceptors (Lipinski definition) is 3. The van der Waals surface area contributed by atoms with Crippen molar-refractivity contribution in [2.24, 2.45) is 0 Å². The number of amides is 2. The summed E-state index contributed by atoms with van der Waals surface area (Å²) in [6.45, 7) is 3.20. The average molecular weight is 352 g/mol. The Hall–Kier alpha value is -2.66. The molecule has 0 unspecified atom stereocenters. The van der Waals surface area contributed by atoms with Gasteiger partial charge in [0.2, 0.25) is 0 Å². The van der Waals surface area contributed by atoms with Crippen LogP contribution >= 0.6 is 0 Å². The van der Waals surface area contributed by atoms with Crippen molar-refractivity contribution in [3.05, 3.63) is 65.2 Å². The number of nitrogens with one attached hydrogen (secondary N) is 1. The van der Waals surface area contributed by atoms with Crippen molar-refractivity contribution < 1.29 is 14.3 Å². The van der Waals surface area contributed by atoms with Crippen LogP contribution in [-0.2, 0) is 16.1 Å². The Morgan fingerprint density at radius 1 is 1.19 bits per heavy atom. The Morgan fingerprint density at radius 3 is 2.73 bits per heavy atom. The molecule has 1 saturated heterocycles. The predicted molar refractivity (Wildman–Crippen MR) is 101 cm³/mol. The fraction of sp³-hybridized carbons (Fsp3) is 0.333. The van der Waals surface area contributed by atoms with E-state index in [2.05, 4.69) is 5.32 Å². The first-order valence-corrected chi connectivity index (χ1v) is 8.87. The Labute approximate surface area is 154 Å². The Morgan fingerprint density at radius 2 is 2.00 bits per heavy atom. The molecule has 1 heterocycles. The van der Waals surface area contributed by atoms with Crippen molar-refractivity contribution in [2.45, 2.75) is 32.4 Å². The van der Waals surface area contributed by atoms with Gasteiger partial charge in [0.25, 0.3) is 11.8 Å². The van der Waals surface area contributed by atoms with Gasteiger partial charge in [-0.1, -0.05) is 30.3 Å². The van der Waals surface area contributed by atoms with Gasteiger partial charge in [-0.15, -0.1) is 0 Å². The lowest BCUT2D eigenvalue weighted by molar-refractivity contribution is -0.124. The molecule has 2 amide bonds. The van der Waals surface area contributed by atoms with Crippen LogP contribution in [0.15, 0.2) is 48.5 Å². The molecular weight excluding hydrogens is 328 g/mol. The van der Waals surface area contributed by atoms with Gasteiger partial charge in [-0.05, 0) is 49.1 Å². The number of hydrogen-bond donors (Lipinski definition) is 1. The van der Waals surface area contributed by atoms with Gasteiger partial charge < -0.3 is 15.0 Å². The zero-order valence-corrected chi connectivity index (χ0v) is 15.2. The Bertz CT molecular complexity index is 797. The maximum Gasteiger partial charge on any atom is 0.253 e. The van der Waals surface area contributed by atoms with Gasteiger partial charge in [-0.2, -0.15) is 0 Å². The van der Waals surface area contributed by atoms with Gasteiger partial charge in [-0.3, -0.25) is 9.59 Å². The Kier molecular flexibility index (Phi) is 5.68. The third-order valence-electron chi connectivity index (χ3n) is 4.61. The lowest BCUT2D eigenvalue weighted by Gasteiger charge is -2.19. The van der Waals surface area contributed by atoms with Gasteiger partial charge in [0.1, 0.15) is 6.10 Å². The van der Waals surface area contributed by atoms with E-state index >= 15 is 0 Å². The summed E-state index contributed by atoms with van der Waals surface area (Å²) >= 11 is 0. The van der Waals surface area contributed by atoms with Gasteiger partial charge in [0, 0.05) is 31.5 Å². The molecule has 1 aliphatic rings. The van der Waals surface area contributed by atoms with Gasteiger partial charge in [0.15, 0.2) is 0 Å². The van der Waals surface area contributed by atoms with Gasteiger partial charge in [0.05, 0.1) is 0 Å². The molecule has 0 spiro atoms. The highest BCUT2D eigenvalue weighted by molar-refractivity contribution is 5.98. The van der Waals surface area contributed by atoms with Crippen molar-refractivity contribution in [1.82, 2.24) is 4.90 Å². The topological polar surface area (TPSA) is 58.6 Å². The van der Waals surface area contributed by atoms with E-state index in [-0.39, 0.29) is 11.8 Å². The third kappa shape index (κ3) is 4.29. The molecule has 0 radical (unpaired) electrons. The van der Waals surface area contributed by atoms with Crippen LogP contribution in [0.5, 0.6) is 0 Å². The predicted octanol–water partition coefficient (Wildman–Crippen LogP) is 3.38. The second-order valence-electron chi connectivity index (χ2n) is 6.66. The summed E-state index contributed by atoms with van der Waals surface area (Å²) in [5.41, 5.74) is 3.43. The molecule has 0 aliphatic carbocycles. The van der Waals surface area contributed by atoms with Crippen molar-refractivity contribution >= 4 is 17.5 Å². The zero-order chi connectivity index (χ0) is 18.5. The maximum absolute atomic E-state index is 12.7. The van der Waals surface area contributed by atoms with E-state index in [1.807, 2.05) is 31.2 Å². The second kappa shape index (κ2) is 8.15. The minimum Gasteiger partial charge on any atom is -0.368 e. The minimum atomic E-state index is -0.391. The number of ether oxygens (including phenoxy) is 1. The molecule has 5 heteroatoms. The quantitative estimate of drug-likeness (QED) is 0.897. The molecule has 0 aromatic heterocycles. The number of aryl methyl sites for hydroxylation is 1. The van der Waals surface area contributed by atoms with Crippen molar-refractivity contribution in [3.8, 4) is 0 Å². The van der Waals surface area contributed by atoms with Crippen molar-refractivity contribution in [3.63, 3.8) is 0 Å². The fourth-order valence-electron chi connectivity index (χ4n) is 3.07. The van der Waals surface area contributed by atoms with Crippen molar-refractivity contribution in [1.29, 1.82) is 0 Å². The molecule has 26 heavy (non-hydrogen) atoms. The van der Waals surface area contributed by atoms with Crippen LogP contribution in [0.1, 0.15) is 34.3 Å². The highest BCUT2D eigenvalue weighted by Crippen LogP contribution is 2.18. The molecule has 5 nitrogen and oxygen atoms in total. The lowest BCUT2D eigenvalue weighted by atomic mass is 10.1. The third-order valence-corrected chi connectivity index (χ3v) is 4.61. The summed E-state index contributed by atoms with van der Waals surface area (Å²) in [6.07, 6.45) is 1.25. The van der Waals surface area contributed by atoms with E-state index < -0.39 is 6.10 Å². The highest BCUT2D eigenvalue weighted by atomic mass is 16.5. The molecule has 2 aromatic rings.